The maximum Gasteiger partial charge on any atom is 0.111 e. The molecule has 0 rings (SSSR count). The third-order valence-electron chi connectivity index (χ3n) is 4.54. The standard InChI is InChI=1S/3C6H14O6.3Ar/c3*7-1-3(9)5(11)6(12)4(10)2-8;;;/h3*3-12H,1-2H2;;;/t3*3-,4-,5-,6-;;;/m111.../s1. The van der Waals surface area contributed by atoms with E-state index in [2.05, 4.69) is 0 Å². The van der Waals surface area contributed by atoms with Crippen molar-refractivity contribution in [1.29, 1.82) is 0 Å². The van der Waals surface area contributed by atoms with Crippen molar-refractivity contribution in [3.05, 3.63) is 0 Å². The van der Waals surface area contributed by atoms with Crippen LogP contribution in [0.5, 0.6) is 0 Å². The van der Waals surface area contributed by atoms with Crippen molar-refractivity contribution < 1.29 is 205 Å². The number of aliphatic hydroxyl groups is 18. The van der Waals surface area contributed by atoms with Crippen LogP contribution in [0.1, 0.15) is 0 Å². The van der Waals surface area contributed by atoms with Gasteiger partial charge in [-0.1, -0.05) is 0 Å². The minimum atomic E-state index is -1.67. The Hall–Kier alpha value is 3.06. The molecule has 0 aromatic heterocycles. The van der Waals surface area contributed by atoms with Crippen LogP contribution in [0.25, 0.3) is 0 Å². The predicted molar refractivity (Wildman–Crippen MR) is 115 cm³/mol. The van der Waals surface area contributed by atoms with E-state index in [1.807, 2.05) is 0 Å². The summed E-state index contributed by atoms with van der Waals surface area (Å²) in [5.74, 6) is 0. The van der Waals surface area contributed by atoms with Gasteiger partial charge in [0.25, 0.3) is 0 Å². The second-order valence-corrected chi connectivity index (χ2v) is 7.44. The summed E-state index contributed by atoms with van der Waals surface area (Å²) in [4.78, 5) is 0. The first-order chi connectivity index (χ1) is 16.6. The van der Waals surface area contributed by atoms with Crippen molar-refractivity contribution >= 4 is 0 Å². The first-order valence-corrected chi connectivity index (χ1v) is 10.4. The van der Waals surface area contributed by atoms with Crippen molar-refractivity contribution in [1.82, 2.24) is 0 Å². The Morgan fingerprint density at radius 1 is 0.231 bits per heavy atom. The summed E-state index contributed by atoms with van der Waals surface area (Å²) in [5, 5.41) is 157. The summed E-state index contributed by atoms with van der Waals surface area (Å²) in [5.41, 5.74) is 0. The van der Waals surface area contributed by atoms with Gasteiger partial charge in [0, 0.05) is 113 Å². The Balaban J connectivity index is -0.000000101. The van der Waals surface area contributed by atoms with E-state index in [1.54, 1.807) is 0 Å². The monoisotopic (exact) mass is 666 g/mol. The molecule has 0 aliphatic heterocycles. The third-order valence-corrected chi connectivity index (χ3v) is 4.54. The zero-order valence-electron chi connectivity index (χ0n) is 20.3. The number of hydrogen-bond acceptors (Lipinski definition) is 18. The molecule has 0 aliphatic carbocycles. The molecule has 39 heavy (non-hydrogen) atoms. The predicted octanol–water partition coefficient (Wildman–Crippen LogP) is -10.8. The van der Waals surface area contributed by atoms with E-state index in [4.69, 9.17) is 91.9 Å². The average molecular weight is 666 g/mol. The number of rotatable bonds is 15. The molecular formula is C18H42Ar3O18. The molecule has 0 spiro atoms. The second-order valence-electron chi connectivity index (χ2n) is 7.44. The zero-order chi connectivity index (χ0) is 29.2. The molecule has 0 fully saturated rings. The van der Waals surface area contributed by atoms with Gasteiger partial charge in [0.1, 0.15) is 73.2 Å². The van der Waals surface area contributed by atoms with E-state index >= 15 is 0 Å². The zero-order valence-corrected chi connectivity index (χ0v) is 22.4. The molecule has 0 saturated heterocycles. The van der Waals surface area contributed by atoms with Gasteiger partial charge in [-0.15, -0.1) is 0 Å². The Bertz CT molecular complexity index is 396. The van der Waals surface area contributed by atoms with Crippen molar-refractivity contribution in [2.75, 3.05) is 39.6 Å². The Labute approximate surface area is 314 Å². The van der Waals surface area contributed by atoms with Crippen molar-refractivity contribution in [3.8, 4) is 0 Å². The molecule has 0 aromatic rings. The summed E-state index contributed by atoms with van der Waals surface area (Å²) in [6.07, 6.45) is -19.2. The van der Waals surface area contributed by atoms with Crippen LogP contribution >= 0.6 is 0 Å². The molecule has 0 amide bonds. The van der Waals surface area contributed by atoms with Gasteiger partial charge in [-0.2, -0.15) is 0 Å². The van der Waals surface area contributed by atoms with Gasteiger partial charge in [0.15, 0.2) is 0 Å². The quantitative estimate of drug-likeness (QED) is 0.0771. The molecule has 0 aromatic carbocycles. The molecule has 0 aliphatic rings. The van der Waals surface area contributed by atoms with E-state index in [9.17, 15) is 0 Å². The van der Waals surface area contributed by atoms with Crippen molar-refractivity contribution in [2.45, 2.75) is 73.2 Å². The summed E-state index contributed by atoms with van der Waals surface area (Å²) in [6, 6.07) is 0. The van der Waals surface area contributed by atoms with Gasteiger partial charge in [-0.25, -0.2) is 0 Å². The van der Waals surface area contributed by atoms with Crippen LogP contribution in [0.2, 0.25) is 0 Å². The topological polar surface area (TPSA) is 364 Å². The van der Waals surface area contributed by atoms with E-state index in [1.165, 1.54) is 0 Å². The largest absolute Gasteiger partial charge is 0.394 e. The van der Waals surface area contributed by atoms with Gasteiger partial charge < -0.3 is 91.9 Å². The van der Waals surface area contributed by atoms with Crippen LogP contribution in [0.15, 0.2) is 0 Å². The molecule has 0 unspecified atom stereocenters. The van der Waals surface area contributed by atoms with Gasteiger partial charge in [0.05, 0.1) is 39.6 Å². The fourth-order valence-electron chi connectivity index (χ4n) is 2.01. The first kappa shape index (κ1) is 54.5. The van der Waals surface area contributed by atoms with E-state index in [0.717, 1.165) is 0 Å². The fourth-order valence-corrected chi connectivity index (χ4v) is 2.01. The minimum Gasteiger partial charge on any atom is -0.394 e. The molecule has 21 heteroatoms. The normalized spacial score (nSPS) is 19.8. The Morgan fingerprint density at radius 2 is 0.308 bits per heavy atom. The van der Waals surface area contributed by atoms with Crippen LogP contribution in [-0.2, 0) is 0 Å². The summed E-state index contributed by atoms with van der Waals surface area (Å²) < 4.78 is 0. The number of hydrogen-bond donors (Lipinski definition) is 18. The minimum absolute atomic E-state index is 0. The van der Waals surface area contributed by atoms with Gasteiger partial charge >= 0.3 is 0 Å². The smallest absolute Gasteiger partial charge is 0.111 e. The van der Waals surface area contributed by atoms with Gasteiger partial charge in [-0.05, 0) is 0 Å². The molecule has 0 bridgehead atoms. The van der Waals surface area contributed by atoms with E-state index in [-0.39, 0.29) is 113 Å². The van der Waals surface area contributed by atoms with Crippen LogP contribution in [-0.4, -0.2) is 205 Å². The number of aliphatic hydroxyl groups excluding tert-OH is 18. The van der Waals surface area contributed by atoms with Crippen LogP contribution in [0.4, 0.5) is 0 Å². The van der Waals surface area contributed by atoms with E-state index < -0.39 is 113 Å². The van der Waals surface area contributed by atoms with Gasteiger partial charge in [0.2, 0.25) is 0 Å². The van der Waals surface area contributed by atoms with E-state index in [0.29, 0.717) is 0 Å². The Morgan fingerprint density at radius 3 is 0.359 bits per heavy atom. The second kappa shape index (κ2) is 32.5. The van der Waals surface area contributed by atoms with Crippen LogP contribution in [0, 0.1) is 113 Å². The van der Waals surface area contributed by atoms with Crippen molar-refractivity contribution in [3.63, 3.8) is 0 Å². The maximum absolute atomic E-state index is 8.96. The molecule has 0 saturated carbocycles. The fraction of sp³-hybridized carbons (Fsp3) is 1.00. The van der Waals surface area contributed by atoms with Crippen molar-refractivity contribution in [2.24, 2.45) is 0 Å². The summed E-state index contributed by atoms with van der Waals surface area (Å²) in [7, 11) is 0. The first-order valence-electron chi connectivity index (χ1n) is 10.4. The molecule has 0 radical (unpaired) electrons. The SMILES string of the molecule is OC[C@@H](O)[C@@H](O)[C@H](O)[C@H](O)CO.OC[C@@H](O)[C@@H](O)[C@H](O)[C@H](O)CO.OC[C@@H](O)[C@@H](O)[C@H](O)[C@H](O)CO.[Ar].[Ar].[Ar]. The molecule has 0 heterocycles. The Kier molecular flexibility index (Phi) is 45.4. The average Bonchev–Trinajstić information content (AvgIpc) is 2.92. The maximum atomic E-state index is 8.96. The van der Waals surface area contributed by atoms with Gasteiger partial charge in [-0.3, -0.25) is 0 Å². The molecule has 18 nitrogen and oxygen atoms in total. The molecule has 18 N–H and O–H groups in total. The molecule has 12 atom stereocenters. The third kappa shape index (κ3) is 24.0. The summed E-state index contributed by atoms with van der Waals surface area (Å²) in [6.45, 7) is -4.35. The molecular weight excluding hydrogens is 624 g/mol. The van der Waals surface area contributed by atoms with Crippen LogP contribution in [0.3, 0.4) is 0 Å². The summed E-state index contributed by atoms with van der Waals surface area (Å²) >= 11 is 0. The van der Waals surface area contributed by atoms with Crippen LogP contribution < -0.4 is 0 Å². The molecule has 246 valence electrons.